The molecule has 1 unspecified atom stereocenters. The maximum Gasteiger partial charge on any atom is 0.501 e. The van der Waals surface area contributed by atoms with Gasteiger partial charge in [-0.15, -0.1) is 0 Å². The van der Waals surface area contributed by atoms with Crippen molar-refractivity contribution >= 4 is 26.8 Å². The molecule has 0 spiro atoms. The molecular weight excluding hydrogens is 423 g/mol. The molecule has 2 aromatic carbocycles. The summed E-state index contributed by atoms with van der Waals surface area (Å²) in [4.78, 5) is 11.9. The number of nitriles is 1. The molecule has 2 N–H and O–H groups in total. The van der Waals surface area contributed by atoms with Gasteiger partial charge in [-0.25, -0.2) is 8.42 Å². The van der Waals surface area contributed by atoms with Crippen molar-refractivity contribution in [2.75, 3.05) is 0 Å². The van der Waals surface area contributed by atoms with Gasteiger partial charge >= 0.3 is 5.51 Å². The predicted octanol–water partition coefficient (Wildman–Crippen LogP) is 2.31. The summed E-state index contributed by atoms with van der Waals surface area (Å²) in [6, 6.07) is 10.8. The third-order valence-electron chi connectivity index (χ3n) is 4.50. The number of nitrogens with two attached hydrogens (primary N) is 1. The molecule has 1 aromatic heterocycles. The van der Waals surface area contributed by atoms with Crippen molar-refractivity contribution in [1.82, 2.24) is 15.0 Å². The van der Waals surface area contributed by atoms with Crippen molar-refractivity contribution in [3.8, 4) is 6.07 Å². The average Bonchev–Trinajstić information content (AvgIpc) is 3.08. The first-order valence-electron chi connectivity index (χ1n) is 8.36. The molecule has 3 rings (SSSR count). The van der Waals surface area contributed by atoms with E-state index in [9.17, 15) is 31.6 Å². The molecule has 8 nitrogen and oxygen atoms in total. The van der Waals surface area contributed by atoms with Crippen molar-refractivity contribution in [1.29, 1.82) is 5.26 Å². The van der Waals surface area contributed by atoms with Crippen LogP contribution in [0, 0.1) is 11.3 Å². The molecule has 0 fully saturated rings. The van der Waals surface area contributed by atoms with Crippen LogP contribution in [0.2, 0.25) is 0 Å². The van der Waals surface area contributed by atoms with E-state index >= 15 is 0 Å². The number of carbonyl (C=O) groups is 1. The summed E-state index contributed by atoms with van der Waals surface area (Å²) >= 11 is 0. The van der Waals surface area contributed by atoms with Crippen molar-refractivity contribution in [3.05, 3.63) is 53.6 Å². The van der Waals surface area contributed by atoms with E-state index in [-0.39, 0.29) is 17.7 Å². The van der Waals surface area contributed by atoms with Gasteiger partial charge in [-0.05, 0) is 42.8 Å². The highest BCUT2D eigenvalue weighted by Crippen LogP contribution is 2.35. The zero-order chi connectivity index (χ0) is 22.3. The maximum absolute atomic E-state index is 13.0. The number of rotatable bonds is 5. The molecule has 0 aliphatic carbocycles. The van der Waals surface area contributed by atoms with Crippen LogP contribution in [0.15, 0.2) is 47.4 Å². The van der Waals surface area contributed by atoms with Crippen LogP contribution in [0.5, 0.6) is 0 Å². The van der Waals surface area contributed by atoms with E-state index in [1.165, 1.54) is 6.92 Å². The molecular formula is C18H14F3N5O3S. The first kappa shape index (κ1) is 21.3. The maximum atomic E-state index is 13.0. The second-order valence-corrected chi connectivity index (χ2v) is 8.63. The lowest BCUT2D eigenvalue weighted by molar-refractivity contribution is -0.0436. The molecule has 1 heterocycles. The van der Waals surface area contributed by atoms with E-state index in [0.717, 1.165) is 10.9 Å². The smallest absolute Gasteiger partial charge is 0.366 e. The number of hydrogen-bond acceptors (Lipinski definition) is 6. The van der Waals surface area contributed by atoms with E-state index in [0.29, 0.717) is 23.2 Å². The summed E-state index contributed by atoms with van der Waals surface area (Å²) < 4.78 is 62.6. The number of aromatic nitrogens is 3. The Hall–Kier alpha value is -3.46. The Kier molecular flexibility index (Phi) is 5.03. The fraction of sp³-hybridized carbons (Fsp3) is 0.222. The average molecular weight is 437 g/mol. The minimum absolute atomic E-state index is 0.270. The SMILES string of the molecule is CC(C#N)(Cn1nc2ccccc2n1)c1cc(S(=O)(=O)C(F)(F)F)ccc1C(N)=O. The van der Waals surface area contributed by atoms with E-state index in [2.05, 4.69) is 10.2 Å². The van der Waals surface area contributed by atoms with Crippen LogP contribution in [-0.2, 0) is 21.8 Å². The Balaban J connectivity index is 2.17. The Morgan fingerprint density at radius 1 is 1.17 bits per heavy atom. The number of benzene rings is 2. The molecule has 0 radical (unpaired) electrons. The molecule has 3 aromatic rings. The first-order chi connectivity index (χ1) is 13.9. The topological polar surface area (TPSA) is 132 Å². The number of primary amides is 1. The molecule has 0 saturated heterocycles. The molecule has 0 saturated carbocycles. The summed E-state index contributed by atoms with van der Waals surface area (Å²) in [5.41, 5.74) is -1.44. The van der Waals surface area contributed by atoms with Crippen LogP contribution in [0.4, 0.5) is 13.2 Å². The fourth-order valence-corrected chi connectivity index (χ4v) is 3.72. The molecule has 30 heavy (non-hydrogen) atoms. The molecule has 12 heteroatoms. The monoisotopic (exact) mass is 437 g/mol. The summed E-state index contributed by atoms with van der Waals surface area (Å²) in [5.74, 6) is -1.03. The van der Waals surface area contributed by atoms with Gasteiger partial charge in [-0.3, -0.25) is 4.79 Å². The third kappa shape index (κ3) is 3.59. The van der Waals surface area contributed by atoms with Gasteiger partial charge in [0.25, 0.3) is 9.84 Å². The molecule has 0 bridgehead atoms. The number of sulfone groups is 1. The standard InChI is InChI=1S/C18H14F3N5O3S/c1-17(9-22,10-26-24-14-4-2-3-5-15(14)25-26)13-8-11(6-7-12(13)16(23)27)30(28,29)18(19,20)21/h2-8H,10H2,1H3,(H2,23,27). The number of nitrogens with zero attached hydrogens (tertiary/aromatic N) is 4. The van der Waals surface area contributed by atoms with Gasteiger partial charge in [0.1, 0.15) is 16.4 Å². The van der Waals surface area contributed by atoms with Crippen LogP contribution < -0.4 is 5.73 Å². The Morgan fingerprint density at radius 2 is 1.73 bits per heavy atom. The van der Waals surface area contributed by atoms with E-state index in [1.54, 1.807) is 24.3 Å². The van der Waals surface area contributed by atoms with Gasteiger partial charge in [0.05, 0.1) is 17.5 Å². The van der Waals surface area contributed by atoms with Crippen molar-refractivity contribution in [2.24, 2.45) is 5.73 Å². The molecule has 0 aliphatic heterocycles. The molecule has 1 atom stereocenters. The number of carbonyl (C=O) groups excluding carboxylic acids is 1. The van der Waals surface area contributed by atoms with Gasteiger partial charge in [0.2, 0.25) is 5.91 Å². The van der Waals surface area contributed by atoms with Gasteiger partial charge < -0.3 is 5.73 Å². The van der Waals surface area contributed by atoms with E-state index in [4.69, 9.17) is 5.73 Å². The minimum atomic E-state index is -5.70. The number of halogens is 3. The lowest BCUT2D eigenvalue weighted by Gasteiger charge is -2.24. The van der Waals surface area contributed by atoms with Gasteiger partial charge in [-0.1, -0.05) is 12.1 Å². The predicted molar refractivity (Wildman–Crippen MR) is 98.7 cm³/mol. The van der Waals surface area contributed by atoms with Crippen LogP contribution in [0.3, 0.4) is 0 Å². The highest BCUT2D eigenvalue weighted by atomic mass is 32.2. The second-order valence-electron chi connectivity index (χ2n) is 6.68. The number of hydrogen-bond donors (Lipinski definition) is 1. The quantitative estimate of drug-likeness (QED) is 0.651. The summed E-state index contributed by atoms with van der Waals surface area (Å²) in [6.07, 6.45) is 0. The Labute approximate surface area is 168 Å². The fourth-order valence-electron chi connectivity index (χ4n) is 2.93. The highest BCUT2D eigenvalue weighted by Gasteiger charge is 2.47. The minimum Gasteiger partial charge on any atom is -0.366 e. The van der Waals surface area contributed by atoms with Gasteiger partial charge in [0, 0.05) is 5.56 Å². The zero-order valence-corrected chi connectivity index (χ0v) is 16.2. The Bertz CT molecular complexity index is 1260. The summed E-state index contributed by atoms with van der Waals surface area (Å²) in [7, 11) is -5.70. The number of fused-ring (bicyclic) bond motifs is 1. The largest absolute Gasteiger partial charge is 0.501 e. The van der Waals surface area contributed by atoms with Crippen LogP contribution in [0.1, 0.15) is 22.8 Å². The van der Waals surface area contributed by atoms with Crippen LogP contribution in [0.25, 0.3) is 11.0 Å². The lowest BCUT2D eigenvalue weighted by Crippen LogP contribution is -2.32. The van der Waals surface area contributed by atoms with Crippen molar-refractivity contribution in [2.45, 2.75) is 29.3 Å². The van der Waals surface area contributed by atoms with Crippen LogP contribution >= 0.6 is 0 Å². The number of alkyl halides is 3. The van der Waals surface area contributed by atoms with Gasteiger partial charge in [-0.2, -0.15) is 33.4 Å². The highest BCUT2D eigenvalue weighted by molar-refractivity contribution is 7.92. The third-order valence-corrected chi connectivity index (χ3v) is 5.98. The Morgan fingerprint density at radius 3 is 2.20 bits per heavy atom. The molecule has 156 valence electrons. The zero-order valence-electron chi connectivity index (χ0n) is 15.4. The summed E-state index contributed by atoms with van der Waals surface area (Å²) in [6.45, 7) is 1.06. The van der Waals surface area contributed by atoms with Crippen LogP contribution in [-0.4, -0.2) is 34.8 Å². The summed E-state index contributed by atoms with van der Waals surface area (Å²) in [5, 5.41) is 18.2. The lowest BCUT2D eigenvalue weighted by atomic mass is 9.81. The van der Waals surface area contributed by atoms with Gasteiger partial charge in [0.15, 0.2) is 0 Å². The van der Waals surface area contributed by atoms with E-state index in [1.807, 2.05) is 6.07 Å². The van der Waals surface area contributed by atoms with E-state index < -0.39 is 31.6 Å². The second kappa shape index (κ2) is 7.10. The molecule has 0 aliphatic rings. The van der Waals surface area contributed by atoms with Crippen molar-refractivity contribution in [3.63, 3.8) is 0 Å². The number of amides is 1. The normalized spacial score (nSPS) is 14.2. The van der Waals surface area contributed by atoms with Crippen molar-refractivity contribution < 1.29 is 26.4 Å². The molecule has 1 amide bonds. The first-order valence-corrected chi connectivity index (χ1v) is 9.84.